The van der Waals surface area contributed by atoms with Gasteiger partial charge < -0.3 is 20.4 Å². The molecule has 0 rings (SSSR count). The van der Waals surface area contributed by atoms with E-state index in [4.69, 9.17) is 20.4 Å². The van der Waals surface area contributed by atoms with Crippen molar-refractivity contribution < 1.29 is 56.5 Å². The van der Waals surface area contributed by atoms with E-state index in [-0.39, 0.29) is 76.6 Å². The third kappa shape index (κ3) is 29.7. The average molecular weight is 541 g/mol. The van der Waals surface area contributed by atoms with Gasteiger partial charge in [0.1, 0.15) is 17.3 Å². The monoisotopic (exact) mass is 540 g/mol. The van der Waals surface area contributed by atoms with Crippen LogP contribution in [0.3, 0.4) is 0 Å². The van der Waals surface area contributed by atoms with E-state index in [0.29, 0.717) is 25.9 Å². The number of aliphatic hydroxyl groups is 4. The Hall–Kier alpha value is -0.436. The van der Waals surface area contributed by atoms with E-state index in [1.807, 2.05) is 48.5 Å². The summed E-state index contributed by atoms with van der Waals surface area (Å²) < 4.78 is 0. The summed E-state index contributed by atoms with van der Waals surface area (Å²) in [4.78, 5) is 33.1. The van der Waals surface area contributed by atoms with Crippen molar-refractivity contribution in [2.24, 2.45) is 17.8 Å². The number of ketones is 3. The quantitative estimate of drug-likeness (QED) is 0.212. The third-order valence-electron chi connectivity index (χ3n) is 5.22. The molecule has 0 saturated heterocycles. The Morgan fingerprint density at radius 2 is 0.686 bits per heavy atom. The SMILES string of the molecule is CCCC(=O)C(CC)CO.CCCC(=O)C(CC)CO.CCCC(=O)C(CC)CO.CCCO.[Ti]. The van der Waals surface area contributed by atoms with Gasteiger partial charge in [0.2, 0.25) is 0 Å². The summed E-state index contributed by atoms with van der Waals surface area (Å²) in [5.41, 5.74) is 0. The Morgan fingerprint density at radius 1 is 0.486 bits per heavy atom. The molecule has 0 aromatic rings. The van der Waals surface area contributed by atoms with E-state index in [0.717, 1.165) is 44.9 Å². The van der Waals surface area contributed by atoms with Crippen LogP contribution in [0.2, 0.25) is 0 Å². The zero-order valence-electron chi connectivity index (χ0n) is 23.6. The fourth-order valence-electron chi connectivity index (χ4n) is 2.73. The topological polar surface area (TPSA) is 132 Å². The zero-order chi connectivity index (χ0) is 27.4. The van der Waals surface area contributed by atoms with Gasteiger partial charge in [0.25, 0.3) is 0 Å². The molecule has 0 spiro atoms. The molecule has 0 heterocycles. The molecule has 0 amide bonds. The zero-order valence-corrected chi connectivity index (χ0v) is 25.2. The first-order valence-electron chi connectivity index (χ1n) is 13.2. The summed E-state index contributed by atoms with van der Waals surface area (Å²) in [5, 5.41) is 34.0. The molecule has 0 aromatic carbocycles. The Labute approximate surface area is 230 Å². The van der Waals surface area contributed by atoms with Gasteiger partial charge in [0.15, 0.2) is 0 Å². The predicted molar refractivity (Wildman–Crippen MR) is 140 cm³/mol. The Kier molecular flexibility index (Phi) is 45.5. The van der Waals surface area contributed by atoms with Crippen molar-refractivity contribution in [1.29, 1.82) is 0 Å². The molecule has 0 bridgehead atoms. The van der Waals surface area contributed by atoms with Crippen LogP contribution in [-0.2, 0) is 36.1 Å². The fraction of sp³-hybridized carbons (Fsp3) is 0.889. The van der Waals surface area contributed by atoms with Gasteiger partial charge >= 0.3 is 0 Å². The van der Waals surface area contributed by atoms with E-state index in [1.165, 1.54) is 0 Å². The van der Waals surface area contributed by atoms with E-state index < -0.39 is 0 Å². The van der Waals surface area contributed by atoms with Crippen molar-refractivity contribution in [3.8, 4) is 0 Å². The van der Waals surface area contributed by atoms with Crippen LogP contribution in [0.15, 0.2) is 0 Å². The maximum Gasteiger partial charge on any atom is 0.138 e. The largest absolute Gasteiger partial charge is 0.396 e. The first-order valence-corrected chi connectivity index (χ1v) is 13.2. The van der Waals surface area contributed by atoms with Crippen LogP contribution in [0.4, 0.5) is 0 Å². The van der Waals surface area contributed by atoms with E-state index >= 15 is 0 Å². The maximum absolute atomic E-state index is 11.0. The molecule has 0 saturated carbocycles. The number of hydrogen-bond donors (Lipinski definition) is 4. The smallest absolute Gasteiger partial charge is 0.138 e. The van der Waals surface area contributed by atoms with Crippen LogP contribution in [0.5, 0.6) is 0 Å². The molecular weight excluding hydrogens is 484 g/mol. The van der Waals surface area contributed by atoms with Crippen LogP contribution in [0.1, 0.15) is 113 Å². The number of Topliss-reactive ketones (excluding diaryl/α,β-unsaturated/α-hetero) is 3. The number of carbonyl (C=O) groups is 3. The van der Waals surface area contributed by atoms with Gasteiger partial charge in [-0.2, -0.15) is 0 Å². The second-order valence-corrected chi connectivity index (χ2v) is 8.24. The van der Waals surface area contributed by atoms with Crippen molar-refractivity contribution in [1.82, 2.24) is 0 Å². The second-order valence-electron chi connectivity index (χ2n) is 8.24. The van der Waals surface area contributed by atoms with Crippen molar-refractivity contribution in [3.05, 3.63) is 0 Å². The molecule has 0 aliphatic carbocycles. The van der Waals surface area contributed by atoms with E-state index in [9.17, 15) is 14.4 Å². The van der Waals surface area contributed by atoms with Gasteiger partial charge in [-0.1, -0.05) is 48.5 Å². The minimum absolute atomic E-state index is 0. The number of hydrogen-bond acceptors (Lipinski definition) is 7. The molecule has 35 heavy (non-hydrogen) atoms. The number of aliphatic hydroxyl groups excluding tert-OH is 4. The summed E-state index contributed by atoms with van der Waals surface area (Å²) in [7, 11) is 0. The van der Waals surface area contributed by atoms with E-state index in [1.54, 1.807) is 0 Å². The third-order valence-corrected chi connectivity index (χ3v) is 5.22. The summed E-state index contributed by atoms with van der Waals surface area (Å²) in [6, 6.07) is 0. The summed E-state index contributed by atoms with van der Waals surface area (Å²) in [5.74, 6) is 0.271. The average Bonchev–Trinajstić information content (AvgIpc) is 2.83. The van der Waals surface area contributed by atoms with Crippen molar-refractivity contribution >= 4 is 17.3 Å². The van der Waals surface area contributed by atoms with Gasteiger partial charge in [-0.3, -0.25) is 14.4 Å². The fourth-order valence-corrected chi connectivity index (χ4v) is 2.73. The number of carbonyl (C=O) groups excluding carboxylic acids is 3. The second kappa shape index (κ2) is 35.7. The molecule has 0 radical (unpaired) electrons. The Morgan fingerprint density at radius 3 is 0.771 bits per heavy atom. The molecule has 0 aromatic heterocycles. The molecule has 3 atom stereocenters. The van der Waals surface area contributed by atoms with Crippen LogP contribution < -0.4 is 0 Å². The van der Waals surface area contributed by atoms with Gasteiger partial charge in [-0.25, -0.2) is 0 Å². The minimum Gasteiger partial charge on any atom is -0.396 e. The molecule has 7 nitrogen and oxygen atoms in total. The van der Waals surface area contributed by atoms with Gasteiger partial charge in [-0.05, 0) is 44.9 Å². The van der Waals surface area contributed by atoms with Crippen molar-refractivity contribution in [2.45, 2.75) is 113 Å². The maximum atomic E-state index is 11.0. The van der Waals surface area contributed by atoms with Gasteiger partial charge in [0.05, 0.1) is 19.8 Å². The van der Waals surface area contributed by atoms with Crippen molar-refractivity contribution in [3.63, 3.8) is 0 Å². The van der Waals surface area contributed by atoms with E-state index in [2.05, 4.69) is 0 Å². The van der Waals surface area contributed by atoms with Crippen LogP contribution >= 0.6 is 0 Å². The molecule has 3 unspecified atom stereocenters. The summed E-state index contributed by atoms with van der Waals surface area (Å²) in [6.45, 7) is 14.0. The first-order chi connectivity index (χ1) is 16.2. The standard InChI is InChI=1S/3C8H16O2.C3H8O.Ti/c3*1-3-5-8(10)7(4-2)6-9;1-2-3-4;/h3*7,9H,3-6H2,1-2H3;4H,2-3H2,1H3;. The summed E-state index contributed by atoms with van der Waals surface area (Å²) in [6.07, 6.45) is 7.64. The first kappa shape index (κ1) is 44.5. The van der Waals surface area contributed by atoms with Crippen LogP contribution in [-0.4, -0.2) is 64.2 Å². The van der Waals surface area contributed by atoms with Crippen LogP contribution in [0.25, 0.3) is 0 Å². The Bertz CT molecular complexity index is 383. The van der Waals surface area contributed by atoms with Crippen molar-refractivity contribution in [2.75, 3.05) is 26.4 Å². The predicted octanol–water partition coefficient (Wildman–Crippen LogP) is 4.51. The van der Waals surface area contributed by atoms with Gasteiger partial charge in [-0.15, -0.1) is 0 Å². The molecule has 4 N–H and O–H groups in total. The molecular formula is C27H56O7Ti. The minimum atomic E-state index is -0.111. The van der Waals surface area contributed by atoms with Crippen LogP contribution in [0, 0.1) is 17.8 Å². The molecule has 0 aliphatic rings. The molecule has 210 valence electrons. The molecule has 0 fully saturated rings. The Balaban J connectivity index is -0.000000118. The number of rotatable bonds is 16. The van der Waals surface area contributed by atoms with Gasteiger partial charge in [0, 0.05) is 65.3 Å². The normalized spacial score (nSPS) is 12.1. The summed E-state index contributed by atoms with van der Waals surface area (Å²) >= 11 is 0. The molecule has 8 heteroatoms. The molecule has 0 aliphatic heterocycles.